The topological polar surface area (TPSA) is 61.6 Å². The Morgan fingerprint density at radius 1 is 1.53 bits per heavy atom. The van der Waals surface area contributed by atoms with Crippen LogP contribution in [0.3, 0.4) is 0 Å². The number of hydrogen-bond donors (Lipinski definition) is 0. The van der Waals surface area contributed by atoms with E-state index in [0.717, 1.165) is 0 Å². The van der Waals surface area contributed by atoms with Crippen molar-refractivity contribution in [1.29, 1.82) is 0 Å². The number of esters is 1. The van der Waals surface area contributed by atoms with Gasteiger partial charge in [-0.05, 0) is 25.7 Å². The Balaban J connectivity index is 1.83. The Morgan fingerprint density at radius 3 is 3.00 bits per heavy atom. The average Bonchev–Trinajstić information content (AvgIpc) is 2.98. The molecule has 0 amide bonds. The maximum Gasteiger partial charge on any atom is 0.394 e. The number of carbonyl (C=O) groups excluding carboxylic acids is 1. The molecule has 0 unspecified atom stereocenters. The largest absolute Gasteiger partial charge is 0.461 e. The summed E-state index contributed by atoms with van der Waals surface area (Å²) < 4.78 is 15.3. The van der Waals surface area contributed by atoms with Crippen LogP contribution in [0.15, 0.2) is 10.7 Å². The molecule has 1 aliphatic carbocycles. The zero-order valence-electron chi connectivity index (χ0n) is 9.98. The minimum absolute atomic E-state index is 0.153. The van der Waals surface area contributed by atoms with Gasteiger partial charge in [-0.3, -0.25) is 0 Å². The summed E-state index contributed by atoms with van der Waals surface area (Å²) in [6, 6.07) is 0. The summed E-state index contributed by atoms with van der Waals surface area (Å²) in [5, 5.41) is 0. The van der Waals surface area contributed by atoms with Gasteiger partial charge in [0.05, 0.1) is 13.2 Å². The molecule has 1 aromatic heterocycles. The fourth-order valence-corrected chi connectivity index (χ4v) is 1.99. The van der Waals surface area contributed by atoms with Gasteiger partial charge in [-0.15, -0.1) is 0 Å². The Bertz CT molecular complexity index is 368. The van der Waals surface area contributed by atoms with E-state index in [4.69, 9.17) is 13.9 Å². The highest BCUT2D eigenvalue weighted by Gasteiger charge is 2.18. The van der Waals surface area contributed by atoms with Crippen LogP contribution in [0.2, 0.25) is 0 Å². The van der Waals surface area contributed by atoms with E-state index in [2.05, 4.69) is 4.98 Å². The van der Waals surface area contributed by atoms with Crippen LogP contribution in [0.25, 0.3) is 0 Å². The van der Waals surface area contributed by atoms with Crippen LogP contribution in [-0.4, -0.2) is 24.2 Å². The quantitative estimate of drug-likeness (QED) is 0.738. The van der Waals surface area contributed by atoms with Gasteiger partial charge in [-0.25, -0.2) is 4.79 Å². The SMILES string of the molecule is CCOC(=O)c1coc(OCC2CCCC2)n1. The lowest BCUT2D eigenvalue weighted by molar-refractivity contribution is 0.0519. The molecule has 5 heteroatoms. The third-order valence-electron chi connectivity index (χ3n) is 2.88. The van der Waals surface area contributed by atoms with Crippen molar-refractivity contribution in [3.8, 4) is 6.08 Å². The van der Waals surface area contributed by atoms with Crippen LogP contribution in [-0.2, 0) is 4.74 Å². The highest BCUT2D eigenvalue weighted by molar-refractivity contribution is 5.86. The molecule has 0 N–H and O–H groups in total. The molecule has 1 fully saturated rings. The van der Waals surface area contributed by atoms with Crippen molar-refractivity contribution in [2.45, 2.75) is 32.6 Å². The van der Waals surface area contributed by atoms with E-state index >= 15 is 0 Å². The van der Waals surface area contributed by atoms with Crippen LogP contribution in [0.4, 0.5) is 0 Å². The summed E-state index contributed by atoms with van der Waals surface area (Å²) in [6.45, 7) is 2.68. The lowest BCUT2D eigenvalue weighted by Gasteiger charge is -2.07. The summed E-state index contributed by atoms with van der Waals surface area (Å²) in [5.74, 6) is 0.111. The van der Waals surface area contributed by atoms with Gasteiger partial charge in [0.1, 0.15) is 6.26 Å². The van der Waals surface area contributed by atoms with Crippen LogP contribution in [0.5, 0.6) is 6.08 Å². The highest BCUT2D eigenvalue weighted by atomic mass is 16.6. The van der Waals surface area contributed by atoms with Crippen LogP contribution >= 0.6 is 0 Å². The average molecular weight is 239 g/mol. The van der Waals surface area contributed by atoms with Crippen molar-refractivity contribution in [1.82, 2.24) is 4.98 Å². The van der Waals surface area contributed by atoms with E-state index in [-0.39, 0.29) is 11.8 Å². The second-order valence-corrected chi connectivity index (χ2v) is 4.18. The normalized spacial score (nSPS) is 16.1. The third-order valence-corrected chi connectivity index (χ3v) is 2.88. The lowest BCUT2D eigenvalue weighted by atomic mass is 10.1. The van der Waals surface area contributed by atoms with E-state index in [9.17, 15) is 4.79 Å². The minimum atomic E-state index is -0.480. The molecule has 0 aromatic carbocycles. The van der Waals surface area contributed by atoms with E-state index in [1.165, 1.54) is 31.9 Å². The standard InChI is InChI=1S/C12H17NO4/c1-2-15-11(14)10-8-17-12(13-10)16-7-9-5-3-4-6-9/h8-9H,2-7H2,1H3. The molecular formula is C12H17NO4. The molecule has 2 rings (SSSR count). The number of oxazole rings is 1. The van der Waals surface area contributed by atoms with Crippen LogP contribution in [0.1, 0.15) is 43.1 Å². The van der Waals surface area contributed by atoms with Gasteiger partial charge in [0.2, 0.25) is 0 Å². The summed E-state index contributed by atoms with van der Waals surface area (Å²) >= 11 is 0. The zero-order chi connectivity index (χ0) is 12.1. The van der Waals surface area contributed by atoms with Gasteiger partial charge in [-0.1, -0.05) is 12.8 Å². The van der Waals surface area contributed by atoms with Gasteiger partial charge < -0.3 is 13.9 Å². The molecule has 1 aromatic rings. The van der Waals surface area contributed by atoms with Crippen molar-refractivity contribution in [3.05, 3.63) is 12.0 Å². The summed E-state index contributed by atoms with van der Waals surface area (Å²) in [6.07, 6.45) is 6.36. The first-order valence-corrected chi connectivity index (χ1v) is 6.05. The summed E-state index contributed by atoms with van der Waals surface area (Å²) in [4.78, 5) is 15.2. The van der Waals surface area contributed by atoms with Gasteiger partial charge in [0.15, 0.2) is 5.69 Å². The number of aromatic nitrogens is 1. The van der Waals surface area contributed by atoms with Crippen LogP contribution in [0, 0.1) is 5.92 Å². The van der Waals surface area contributed by atoms with Gasteiger partial charge in [0.25, 0.3) is 0 Å². The third kappa shape index (κ3) is 3.22. The molecule has 17 heavy (non-hydrogen) atoms. The van der Waals surface area contributed by atoms with E-state index < -0.39 is 5.97 Å². The van der Waals surface area contributed by atoms with Crippen molar-refractivity contribution < 1.29 is 18.7 Å². The molecule has 0 saturated heterocycles. The molecule has 5 nitrogen and oxygen atoms in total. The van der Waals surface area contributed by atoms with Gasteiger partial charge in [-0.2, -0.15) is 4.98 Å². The number of carbonyl (C=O) groups is 1. The van der Waals surface area contributed by atoms with E-state index in [1.807, 2.05) is 0 Å². The minimum Gasteiger partial charge on any atom is -0.461 e. The Labute approximate surface area is 100 Å². The molecule has 1 heterocycles. The molecule has 0 bridgehead atoms. The smallest absolute Gasteiger partial charge is 0.394 e. The van der Waals surface area contributed by atoms with Crippen molar-refractivity contribution >= 4 is 5.97 Å². The molecule has 0 spiro atoms. The molecule has 1 saturated carbocycles. The summed E-state index contributed by atoms with van der Waals surface area (Å²) in [5.41, 5.74) is 0.160. The number of hydrogen-bond acceptors (Lipinski definition) is 5. The molecule has 0 aliphatic heterocycles. The predicted octanol–water partition coefficient (Wildman–Crippen LogP) is 2.42. The first-order chi connectivity index (χ1) is 8.29. The highest BCUT2D eigenvalue weighted by Crippen LogP contribution is 2.25. The maximum absolute atomic E-state index is 11.3. The lowest BCUT2D eigenvalue weighted by Crippen LogP contribution is -2.09. The first kappa shape index (κ1) is 12.0. The zero-order valence-corrected chi connectivity index (χ0v) is 9.98. The second-order valence-electron chi connectivity index (χ2n) is 4.18. The van der Waals surface area contributed by atoms with Crippen molar-refractivity contribution in [3.63, 3.8) is 0 Å². The second kappa shape index (κ2) is 5.70. The summed E-state index contributed by atoms with van der Waals surface area (Å²) in [7, 11) is 0. The maximum atomic E-state index is 11.3. The fraction of sp³-hybridized carbons (Fsp3) is 0.667. The van der Waals surface area contributed by atoms with Crippen LogP contribution < -0.4 is 4.74 Å². The Morgan fingerprint density at radius 2 is 2.29 bits per heavy atom. The van der Waals surface area contributed by atoms with Gasteiger partial charge >= 0.3 is 12.0 Å². The predicted molar refractivity (Wildman–Crippen MR) is 59.9 cm³/mol. The molecule has 0 radical (unpaired) electrons. The van der Waals surface area contributed by atoms with Crippen molar-refractivity contribution in [2.75, 3.05) is 13.2 Å². The van der Waals surface area contributed by atoms with E-state index in [1.54, 1.807) is 6.92 Å². The molecule has 94 valence electrons. The van der Waals surface area contributed by atoms with Gasteiger partial charge in [0, 0.05) is 0 Å². The molecule has 1 aliphatic rings. The van der Waals surface area contributed by atoms with Crippen molar-refractivity contribution in [2.24, 2.45) is 5.92 Å². The monoisotopic (exact) mass is 239 g/mol. The Hall–Kier alpha value is -1.52. The van der Waals surface area contributed by atoms with E-state index in [0.29, 0.717) is 19.1 Å². The Kier molecular flexibility index (Phi) is 4.01. The fourth-order valence-electron chi connectivity index (χ4n) is 1.99. The molecule has 0 atom stereocenters. The number of nitrogens with zero attached hydrogens (tertiary/aromatic N) is 1. The number of rotatable bonds is 5. The molecular weight excluding hydrogens is 222 g/mol. The first-order valence-electron chi connectivity index (χ1n) is 6.05. The number of ether oxygens (including phenoxy) is 2.